The Morgan fingerprint density at radius 3 is 3.11 bits per heavy atom. The van der Waals surface area contributed by atoms with E-state index >= 15 is 0 Å². The Balaban J connectivity index is 1.82. The summed E-state index contributed by atoms with van der Waals surface area (Å²) in [4.78, 5) is 21.1. The molecule has 0 radical (unpaired) electrons. The van der Waals surface area contributed by atoms with Gasteiger partial charge in [0.15, 0.2) is 0 Å². The van der Waals surface area contributed by atoms with Crippen molar-refractivity contribution in [2.24, 2.45) is 0 Å². The van der Waals surface area contributed by atoms with Crippen LogP contribution in [0.15, 0.2) is 47.5 Å². The van der Waals surface area contributed by atoms with E-state index in [0.29, 0.717) is 12.1 Å². The van der Waals surface area contributed by atoms with Crippen molar-refractivity contribution in [1.29, 1.82) is 0 Å². The fourth-order valence-electron chi connectivity index (χ4n) is 2.02. The maximum Gasteiger partial charge on any atom is 0.253 e. The van der Waals surface area contributed by atoms with Crippen molar-refractivity contribution in [3.05, 3.63) is 54.2 Å². The van der Waals surface area contributed by atoms with Crippen LogP contribution >= 0.6 is 0 Å². The summed E-state index contributed by atoms with van der Waals surface area (Å²) in [6, 6.07) is 7.29. The number of nitrogens with zero attached hydrogens (tertiary/aromatic N) is 2. The van der Waals surface area contributed by atoms with Crippen molar-refractivity contribution in [3.8, 4) is 0 Å². The van der Waals surface area contributed by atoms with E-state index in [1.165, 1.54) is 0 Å². The molecule has 3 rings (SSSR count). The third-order valence-electron chi connectivity index (χ3n) is 3.01. The average molecular weight is 255 g/mol. The molecule has 2 heterocycles. The Hall–Kier alpha value is -2.56. The van der Waals surface area contributed by atoms with Gasteiger partial charge in [-0.15, -0.1) is 0 Å². The van der Waals surface area contributed by atoms with Crippen molar-refractivity contribution in [1.82, 2.24) is 14.9 Å². The van der Waals surface area contributed by atoms with Crippen molar-refractivity contribution in [2.45, 2.75) is 6.54 Å². The highest BCUT2D eigenvalue weighted by Gasteiger charge is 2.13. The van der Waals surface area contributed by atoms with Crippen LogP contribution in [0.2, 0.25) is 0 Å². The first-order valence-corrected chi connectivity index (χ1v) is 5.94. The number of fused-ring (bicyclic) bond motifs is 1. The molecule has 0 aliphatic heterocycles. The molecule has 0 aliphatic carbocycles. The van der Waals surface area contributed by atoms with Crippen LogP contribution in [0.1, 0.15) is 15.9 Å². The summed E-state index contributed by atoms with van der Waals surface area (Å²) in [6.45, 7) is 0.524. The summed E-state index contributed by atoms with van der Waals surface area (Å²) in [5.41, 5.74) is 3.33. The largest absolute Gasteiger partial charge is 0.472 e. The van der Waals surface area contributed by atoms with Crippen LogP contribution in [0.3, 0.4) is 0 Å². The molecule has 3 aromatic rings. The lowest BCUT2D eigenvalue weighted by Crippen LogP contribution is -2.25. The number of H-pyrrole nitrogens is 1. The van der Waals surface area contributed by atoms with Crippen LogP contribution in [0, 0.1) is 0 Å². The van der Waals surface area contributed by atoms with E-state index in [0.717, 1.165) is 16.6 Å². The van der Waals surface area contributed by atoms with Crippen LogP contribution in [-0.4, -0.2) is 27.8 Å². The third-order valence-corrected chi connectivity index (χ3v) is 3.01. The van der Waals surface area contributed by atoms with E-state index in [1.54, 1.807) is 36.9 Å². The van der Waals surface area contributed by atoms with Crippen LogP contribution in [0.5, 0.6) is 0 Å². The highest BCUT2D eigenvalue weighted by atomic mass is 16.3. The van der Waals surface area contributed by atoms with Gasteiger partial charge in [0.1, 0.15) is 0 Å². The second-order valence-electron chi connectivity index (χ2n) is 4.43. The van der Waals surface area contributed by atoms with Gasteiger partial charge < -0.3 is 14.3 Å². The number of amides is 1. The van der Waals surface area contributed by atoms with Crippen LogP contribution in [-0.2, 0) is 6.54 Å². The van der Waals surface area contributed by atoms with Gasteiger partial charge in [-0.05, 0) is 24.3 Å². The topological polar surface area (TPSA) is 62.1 Å². The molecule has 1 aromatic carbocycles. The van der Waals surface area contributed by atoms with Gasteiger partial charge in [-0.25, -0.2) is 4.98 Å². The Morgan fingerprint density at radius 1 is 1.42 bits per heavy atom. The molecule has 0 saturated carbocycles. The lowest BCUT2D eigenvalue weighted by atomic mass is 10.1. The summed E-state index contributed by atoms with van der Waals surface area (Å²) >= 11 is 0. The zero-order chi connectivity index (χ0) is 13.2. The minimum atomic E-state index is -0.0299. The van der Waals surface area contributed by atoms with Crippen molar-refractivity contribution in [2.75, 3.05) is 7.05 Å². The monoisotopic (exact) mass is 255 g/mol. The van der Waals surface area contributed by atoms with Crippen LogP contribution < -0.4 is 0 Å². The molecule has 5 heteroatoms. The molecule has 0 unspecified atom stereocenters. The molecule has 0 saturated heterocycles. The summed E-state index contributed by atoms with van der Waals surface area (Å²) in [6.07, 6.45) is 4.86. The molecule has 96 valence electrons. The number of benzene rings is 1. The van der Waals surface area contributed by atoms with E-state index in [-0.39, 0.29) is 5.91 Å². The number of hydrogen-bond donors (Lipinski definition) is 1. The minimum absolute atomic E-state index is 0.0299. The summed E-state index contributed by atoms with van der Waals surface area (Å²) < 4.78 is 5.00. The molecular formula is C14H13N3O2. The molecule has 0 aliphatic rings. The lowest BCUT2D eigenvalue weighted by molar-refractivity contribution is 0.0785. The van der Waals surface area contributed by atoms with Crippen molar-refractivity contribution >= 4 is 16.9 Å². The molecule has 1 N–H and O–H groups in total. The van der Waals surface area contributed by atoms with E-state index in [2.05, 4.69) is 9.97 Å². The predicted molar refractivity (Wildman–Crippen MR) is 70.6 cm³/mol. The molecular weight excluding hydrogens is 242 g/mol. The van der Waals surface area contributed by atoms with E-state index in [1.807, 2.05) is 18.2 Å². The number of imidazole rings is 1. The Labute approximate surface area is 109 Å². The van der Waals surface area contributed by atoms with Gasteiger partial charge >= 0.3 is 0 Å². The quantitative estimate of drug-likeness (QED) is 0.781. The fourth-order valence-corrected chi connectivity index (χ4v) is 2.02. The standard InChI is InChI=1S/C14H13N3O2/c1-17(7-10-4-5-19-8-10)14(18)11-2-3-12-13(6-11)16-9-15-12/h2-6,8-9H,7H2,1H3,(H,15,16). The maximum absolute atomic E-state index is 12.3. The van der Waals surface area contributed by atoms with Gasteiger partial charge in [-0.2, -0.15) is 0 Å². The SMILES string of the molecule is CN(Cc1ccoc1)C(=O)c1ccc2nc[nH]c2c1. The van der Waals surface area contributed by atoms with E-state index < -0.39 is 0 Å². The van der Waals surface area contributed by atoms with Gasteiger partial charge in [0.2, 0.25) is 0 Å². The number of carbonyl (C=O) groups is 1. The van der Waals surface area contributed by atoms with Gasteiger partial charge in [0, 0.05) is 24.7 Å². The number of aromatic amines is 1. The highest BCUT2D eigenvalue weighted by molar-refractivity contribution is 5.97. The Kier molecular flexibility index (Phi) is 2.79. The van der Waals surface area contributed by atoms with Gasteiger partial charge in [0.25, 0.3) is 5.91 Å². The van der Waals surface area contributed by atoms with Gasteiger partial charge in [-0.1, -0.05) is 0 Å². The predicted octanol–water partition coefficient (Wildman–Crippen LogP) is 2.43. The van der Waals surface area contributed by atoms with Gasteiger partial charge in [0.05, 0.1) is 29.9 Å². The Morgan fingerprint density at radius 2 is 2.32 bits per heavy atom. The number of rotatable bonds is 3. The maximum atomic E-state index is 12.3. The lowest BCUT2D eigenvalue weighted by Gasteiger charge is -2.16. The number of hydrogen-bond acceptors (Lipinski definition) is 3. The van der Waals surface area contributed by atoms with Crippen molar-refractivity contribution < 1.29 is 9.21 Å². The summed E-state index contributed by atoms with van der Waals surface area (Å²) in [7, 11) is 1.77. The first-order valence-electron chi connectivity index (χ1n) is 5.94. The van der Waals surface area contributed by atoms with E-state index in [4.69, 9.17) is 4.42 Å². The Bertz CT molecular complexity index is 700. The molecule has 2 aromatic heterocycles. The van der Waals surface area contributed by atoms with Crippen LogP contribution in [0.4, 0.5) is 0 Å². The van der Waals surface area contributed by atoms with E-state index in [9.17, 15) is 4.79 Å². The summed E-state index contributed by atoms with van der Waals surface area (Å²) in [5.74, 6) is -0.0299. The normalized spacial score (nSPS) is 10.8. The number of carbonyl (C=O) groups excluding carboxylic acids is 1. The number of nitrogens with one attached hydrogen (secondary N) is 1. The highest BCUT2D eigenvalue weighted by Crippen LogP contribution is 2.14. The molecule has 0 bridgehead atoms. The fraction of sp³-hybridized carbons (Fsp3) is 0.143. The average Bonchev–Trinajstić information content (AvgIpc) is 3.07. The third kappa shape index (κ3) is 2.22. The molecule has 1 amide bonds. The second kappa shape index (κ2) is 4.61. The van der Waals surface area contributed by atoms with Gasteiger partial charge in [-0.3, -0.25) is 4.79 Å². The van der Waals surface area contributed by atoms with Crippen molar-refractivity contribution in [3.63, 3.8) is 0 Å². The smallest absolute Gasteiger partial charge is 0.253 e. The first kappa shape index (κ1) is 11.5. The number of furan rings is 1. The zero-order valence-corrected chi connectivity index (χ0v) is 10.5. The number of aromatic nitrogens is 2. The molecule has 19 heavy (non-hydrogen) atoms. The molecule has 0 fully saturated rings. The summed E-state index contributed by atoms with van der Waals surface area (Å²) in [5, 5.41) is 0. The zero-order valence-electron chi connectivity index (χ0n) is 10.5. The molecule has 5 nitrogen and oxygen atoms in total. The first-order chi connectivity index (χ1) is 9.24. The minimum Gasteiger partial charge on any atom is -0.472 e. The second-order valence-corrected chi connectivity index (χ2v) is 4.43. The van der Waals surface area contributed by atoms with Crippen LogP contribution in [0.25, 0.3) is 11.0 Å². The molecule has 0 atom stereocenters. The molecule has 0 spiro atoms.